The van der Waals surface area contributed by atoms with Crippen molar-refractivity contribution in [1.29, 1.82) is 0 Å². The summed E-state index contributed by atoms with van der Waals surface area (Å²) in [4.78, 5) is 0. The Hall–Kier alpha value is -1.39. The number of hydrazine groups is 1. The molecule has 2 heterocycles. The van der Waals surface area contributed by atoms with Crippen molar-refractivity contribution in [3.8, 4) is 0 Å². The maximum Gasteiger partial charge on any atom is 0.0709 e. The summed E-state index contributed by atoms with van der Waals surface area (Å²) in [5, 5.41) is 4.35. The van der Waals surface area contributed by atoms with Crippen molar-refractivity contribution in [3.05, 3.63) is 36.2 Å². The van der Waals surface area contributed by atoms with Gasteiger partial charge in [0, 0.05) is 17.8 Å². The van der Waals surface area contributed by atoms with Crippen LogP contribution in [-0.4, -0.2) is 9.61 Å². The van der Waals surface area contributed by atoms with Crippen LogP contribution in [0.25, 0.3) is 5.52 Å². The third-order valence-corrected chi connectivity index (χ3v) is 3.59. The molecular weight excluding hydrogens is 212 g/mol. The van der Waals surface area contributed by atoms with Crippen molar-refractivity contribution in [1.82, 2.24) is 15.0 Å². The SMILES string of the molecule is NNC(CCC1CC1)c1cnn2ccccc12. The number of hydrogen-bond donors (Lipinski definition) is 2. The summed E-state index contributed by atoms with van der Waals surface area (Å²) in [6, 6.07) is 6.33. The second kappa shape index (κ2) is 4.47. The topological polar surface area (TPSA) is 55.3 Å². The molecule has 0 aliphatic heterocycles. The summed E-state index contributed by atoms with van der Waals surface area (Å²) in [5.41, 5.74) is 5.27. The second-order valence-electron chi connectivity index (χ2n) is 4.87. The molecule has 1 aliphatic carbocycles. The maximum absolute atomic E-state index is 5.67. The molecule has 1 aliphatic rings. The maximum atomic E-state index is 5.67. The van der Waals surface area contributed by atoms with Crippen molar-refractivity contribution in [2.45, 2.75) is 31.7 Å². The van der Waals surface area contributed by atoms with Gasteiger partial charge in [0.1, 0.15) is 0 Å². The molecule has 1 saturated carbocycles. The van der Waals surface area contributed by atoms with Crippen LogP contribution >= 0.6 is 0 Å². The number of nitrogens with one attached hydrogen (secondary N) is 1. The van der Waals surface area contributed by atoms with E-state index in [9.17, 15) is 0 Å². The molecule has 1 unspecified atom stereocenters. The van der Waals surface area contributed by atoms with Crippen molar-refractivity contribution in [3.63, 3.8) is 0 Å². The Bertz CT molecular complexity index is 501. The van der Waals surface area contributed by atoms with Gasteiger partial charge >= 0.3 is 0 Å². The Morgan fingerprint density at radius 1 is 1.47 bits per heavy atom. The lowest BCUT2D eigenvalue weighted by molar-refractivity contribution is 0.484. The largest absolute Gasteiger partial charge is 0.271 e. The first kappa shape index (κ1) is 10.7. The second-order valence-corrected chi connectivity index (χ2v) is 4.87. The van der Waals surface area contributed by atoms with E-state index in [1.54, 1.807) is 0 Å². The Morgan fingerprint density at radius 3 is 3.12 bits per heavy atom. The van der Waals surface area contributed by atoms with E-state index in [2.05, 4.69) is 16.6 Å². The summed E-state index contributed by atoms with van der Waals surface area (Å²) in [7, 11) is 0. The van der Waals surface area contributed by atoms with Crippen LogP contribution < -0.4 is 11.3 Å². The zero-order valence-electron chi connectivity index (χ0n) is 9.84. The number of aromatic nitrogens is 2. The Balaban J connectivity index is 1.83. The molecule has 4 nitrogen and oxygen atoms in total. The predicted molar refractivity (Wildman–Crippen MR) is 67.2 cm³/mol. The van der Waals surface area contributed by atoms with Gasteiger partial charge in [-0.15, -0.1) is 0 Å². The van der Waals surface area contributed by atoms with Gasteiger partial charge in [-0.25, -0.2) is 4.52 Å². The van der Waals surface area contributed by atoms with Crippen molar-refractivity contribution >= 4 is 5.52 Å². The van der Waals surface area contributed by atoms with Crippen LogP contribution in [0.3, 0.4) is 0 Å². The monoisotopic (exact) mass is 230 g/mol. The third kappa shape index (κ3) is 2.18. The fourth-order valence-corrected chi connectivity index (χ4v) is 2.36. The molecule has 2 aromatic rings. The Kier molecular flexibility index (Phi) is 2.82. The van der Waals surface area contributed by atoms with E-state index in [1.165, 1.54) is 24.8 Å². The molecular formula is C13H18N4. The highest BCUT2D eigenvalue weighted by molar-refractivity contribution is 5.54. The van der Waals surface area contributed by atoms with E-state index in [-0.39, 0.29) is 6.04 Å². The van der Waals surface area contributed by atoms with Gasteiger partial charge in [0.15, 0.2) is 0 Å². The normalized spacial score (nSPS) is 17.5. The van der Waals surface area contributed by atoms with Gasteiger partial charge in [-0.3, -0.25) is 11.3 Å². The first-order valence-electron chi connectivity index (χ1n) is 6.27. The number of pyridine rings is 1. The van der Waals surface area contributed by atoms with Crippen LogP contribution in [0, 0.1) is 5.92 Å². The van der Waals surface area contributed by atoms with Crippen LogP contribution in [0.2, 0.25) is 0 Å². The number of fused-ring (bicyclic) bond motifs is 1. The molecule has 1 fully saturated rings. The predicted octanol–water partition coefficient (Wildman–Crippen LogP) is 2.03. The first-order chi connectivity index (χ1) is 8.38. The third-order valence-electron chi connectivity index (χ3n) is 3.59. The molecule has 0 bridgehead atoms. The van der Waals surface area contributed by atoms with E-state index < -0.39 is 0 Å². The molecule has 4 heteroatoms. The van der Waals surface area contributed by atoms with Crippen LogP contribution in [0.5, 0.6) is 0 Å². The Morgan fingerprint density at radius 2 is 2.35 bits per heavy atom. The van der Waals surface area contributed by atoms with Gasteiger partial charge < -0.3 is 0 Å². The molecule has 90 valence electrons. The minimum Gasteiger partial charge on any atom is -0.271 e. The summed E-state index contributed by atoms with van der Waals surface area (Å²) in [6.45, 7) is 0. The average Bonchev–Trinajstić information content (AvgIpc) is 3.10. The summed E-state index contributed by atoms with van der Waals surface area (Å²) >= 11 is 0. The average molecular weight is 230 g/mol. The van der Waals surface area contributed by atoms with Gasteiger partial charge in [0.2, 0.25) is 0 Å². The lowest BCUT2D eigenvalue weighted by atomic mass is 10.0. The summed E-state index contributed by atoms with van der Waals surface area (Å²) in [6.07, 6.45) is 9.04. The smallest absolute Gasteiger partial charge is 0.0709 e. The molecule has 17 heavy (non-hydrogen) atoms. The molecule has 1 atom stereocenters. The van der Waals surface area contributed by atoms with Gasteiger partial charge in [-0.1, -0.05) is 18.9 Å². The summed E-state index contributed by atoms with van der Waals surface area (Å²) in [5.74, 6) is 6.61. The molecule has 0 amide bonds. The first-order valence-corrected chi connectivity index (χ1v) is 6.27. The lowest BCUT2D eigenvalue weighted by Crippen LogP contribution is -2.28. The van der Waals surface area contributed by atoms with Crippen LogP contribution in [0.15, 0.2) is 30.6 Å². The van der Waals surface area contributed by atoms with E-state index in [0.717, 1.165) is 17.9 Å². The summed E-state index contributed by atoms with van der Waals surface area (Å²) < 4.78 is 1.90. The Labute approximate surface area is 101 Å². The standard InChI is InChI=1S/C13H18N4/c14-16-12(7-6-10-4-5-10)11-9-15-17-8-2-1-3-13(11)17/h1-3,8-10,12,16H,4-7,14H2. The van der Waals surface area contributed by atoms with Crippen molar-refractivity contribution < 1.29 is 0 Å². The highest BCUT2D eigenvalue weighted by Crippen LogP contribution is 2.36. The fraction of sp³-hybridized carbons (Fsp3) is 0.462. The molecule has 0 radical (unpaired) electrons. The fourth-order valence-electron chi connectivity index (χ4n) is 2.36. The van der Waals surface area contributed by atoms with Crippen molar-refractivity contribution in [2.24, 2.45) is 11.8 Å². The highest BCUT2D eigenvalue weighted by Gasteiger charge is 2.23. The number of rotatable bonds is 5. The zero-order chi connectivity index (χ0) is 11.7. The quantitative estimate of drug-likeness (QED) is 0.610. The number of nitrogens with two attached hydrogens (primary N) is 1. The van der Waals surface area contributed by atoms with Crippen LogP contribution in [0.4, 0.5) is 0 Å². The lowest BCUT2D eigenvalue weighted by Gasteiger charge is -2.14. The number of hydrogen-bond acceptors (Lipinski definition) is 3. The number of nitrogens with zero attached hydrogens (tertiary/aromatic N) is 2. The minimum atomic E-state index is 0.218. The molecule has 3 rings (SSSR count). The van der Waals surface area contributed by atoms with Gasteiger partial charge in [0.05, 0.1) is 11.7 Å². The zero-order valence-corrected chi connectivity index (χ0v) is 9.84. The van der Waals surface area contributed by atoms with Crippen molar-refractivity contribution in [2.75, 3.05) is 0 Å². The molecule has 2 aromatic heterocycles. The molecule has 3 N–H and O–H groups in total. The minimum absolute atomic E-state index is 0.218. The van der Waals surface area contributed by atoms with E-state index >= 15 is 0 Å². The van der Waals surface area contributed by atoms with Gasteiger partial charge in [-0.2, -0.15) is 5.10 Å². The van der Waals surface area contributed by atoms with Gasteiger partial charge in [0.25, 0.3) is 0 Å². The van der Waals surface area contributed by atoms with E-state index in [1.807, 2.05) is 29.0 Å². The molecule has 0 spiro atoms. The molecule has 0 aromatic carbocycles. The van der Waals surface area contributed by atoms with Crippen LogP contribution in [-0.2, 0) is 0 Å². The van der Waals surface area contributed by atoms with E-state index in [0.29, 0.717) is 0 Å². The molecule has 0 saturated heterocycles. The van der Waals surface area contributed by atoms with Gasteiger partial charge in [-0.05, 0) is 30.9 Å². The van der Waals surface area contributed by atoms with Crippen LogP contribution in [0.1, 0.15) is 37.3 Å². The van der Waals surface area contributed by atoms with E-state index in [4.69, 9.17) is 5.84 Å². The highest BCUT2D eigenvalue weighted by atomic mass is 15.3.